The number of hydrogen-bond donors (Lipinski definition) is 2. The first-order valence-corrected chi connectivity index (χ1v) is 7.35. The van der Waals surface area contributed by atoms with Gasteiger partial charge in [-0.15, -0.1) is 0 Å². The molecule has 5 heteroatoms. The van der Waals surface area contributed by atoms with Crippen LogP contribution >= 0.6 is 0 Å². The highest BCUT2D eigenvalue weighted by molar-refractivity contribution is 6.07. The number of nitrogens with zero attached hydrogens (tertiary/aromatic N) is 1. The van der Waals surface area contributed by atoms with Crippen LogP contribution in [0, 0.1) is 18.3 Å². The molecule has 0 saturated carbocycles. The van der Waals surface area contributed by atoms with Crippen LogP contribution in [0.4, 0.5) is 11.4 Å². The quantitative estimate of drug-likeness (QED) is 0.500. The van der Waals surface area contributed by atoms with E-state index in [1.165, 1.54) is 13.1 Å². The van der Waals surface area contributed by atoms with Crippen molar-refractivity contribution in [3.05, 3.63) is 71.4 Å². The van der Waals surface area contributed by atoms with E-state index in [2.05, 4.69) is 10.6 Å². The summed E-state index contributed by atoms with van der Waals surface area (Å²) in [7, 11) is 0. The number of carbonyl (C=O) groups is 2. The molecule has 2 N–H and O–H groups in total. The number of benzene rings is 2. The summed E-state index contributed by atoms with van der Waals surface area (Å²) >= 11 is 0. The highest BCUT2D eigenvalue weighted by atomic mass is 16.1. The van der Waals surface area contributed by atoms with Gasteiger partial charge in [0.05, 0.1) is 0 Å². The summed E-state index contributed by atoms with van der Waals surface area (Å²) in [5.74, 6) is -0.568. The van der Waals surface area contributed by atoms with Gasteiger partial charge in [-0.1, -0.05) is 12.1 Å². The summed E-state index contributed by atoms with van der Waals surface area (Å²) < 4.78 is 0. The van der Waals surface area contributed by atoms with Crippen LogP contribution in [0.25, 0.3) is 0 Å². The molecule has 0 bridgehead atoms. The van der Waals surface area contributed by atoms with Gasteiger partial charge in [0.15, 0.2) is 5.78 Å². The molecule has 0 heterocycles. The van der Waals surface area contributed by atoms with Crippen molar-refractivity contribution in [3.8, 4) is 6.07 Å². The summed E-state index contributed by atoms with van der Waals surface area (Å²) in [6.07, 6.45) is 1.37. The van der Waals surface area contributed by atoms with Gasteiger partial charge >= 0.3 is 0 Å². The lowest BCUT2D eigenvalue weighted by atomic mass is 10.1. The molecule has 2 rings (SSSR count). The molecule has 120 valence electrons. The van der Waals surface area contributed by atoms with Crippen molar-refractivity contribution in [1.29, 1.82) is 5.26 Å². The van der Waals surface area contributed by atoms with Gasteiger partial charge in [0, 0.05) is 23.1 Å². The number of rotatable bonds is 5. The zero-order valence-electron chi connectivity index (χ0n) is 13.5. The largest absolute Gasteiger partial charge is 0.360 e. The standard InChI is InChI=1S/C19H17N3O2/c1-13-4-3-5-18(10-13)21-12-16(11-20)19(24)22-17-8-6-15(7-9-17)14(2)23/h3-10,12,21H,1-2H3,(H,22,24)/b16-12-. The smallest absolute Gasteiger partial charge is 0.267 e. The van der Waals surface area contributed by atoms with Crippen molar-refractivity contribution < 1.29 is 9.59 Å². The molecular formula is C19H17N3O2. The Morgan fingerprint density at radius 2 is 1.79 bits per heavy atom. The summed E-state index contributed by atoms with van der Waals surface area (Å²) in [5, 5.41) is 14.7. The van der Waals surface area contributed by atoms with Crippen LogP contribution in [0.2, 0.25) is 0 Å². The maximum atomic E-state index is 12.1. The van der Waals surface area contributed by atoms with Gasteiger partial charge in [-0.3, -0.25) is 9.59 Å². The van der Waals surface area contributed by atoms with E-state index in [1.807, 2.05) is 37.3 Å². The maximum Gasteiger partial charge on any atom is 0.267 e. The Kier molecular flexibility index (Phi) is 5.48. The number of hydrogen-bond acceptors (Lipinski definition) is 4. The van der Waals surface area contributed by atoms with Crippen molar-refractivity contribution in [1.82, 2.24) is 0 Å². The Balaban J connectivity index is 2.07. The van der Waals surface area contributed by atoms with E-state index >= 15 is 0 Å². The van der Waals surface area contributed by atoms with Gasteiger partial charge in [0.1, 0.15) is 11.6 Å². The highest BCUT2D eigenvalue weighted by Crippen LogP contribution is 2.13. The molecule has 5 nitrogen and oxygen atoms in total. The van der Waals surface area contributed by atoms with Gasteiger partial charge in [-0.25, -0.2) is 0 Å². The van der Waals surface area contributed by atoms with Crippen LogP contribution in [0.15, 0.2) is 60.3 Å². The zero-order chi connectivity index (χ0) is 17.5. The van der Waals surface area contributed by atoms with Crippen LogP contribution in [-0.2, 0) is 4.79 Å². The Labute approximate surface area is 140 Å². The second-order valence-corrected chi connectivity index (χ2v) is 5.27. The third kappa shape index (κ3) is 4.55. The molecule has 0 aliphatic carbocycles. The fourth-order valence-corrected chi connectivity index (χ4v) is 2.03. The Hall–Kier alpha value is -3.39. The molecule has 0 saturated heterocycles. The molecule has 0 unspecified atom stereocenters. The van der Waals surface area contributed by atoms with Gasteiger partial charge in [0.25, 0.3) is 5.91 Å². The normalized spacial score (nSPS) is 10.6. The minimum absolute atomic E-state index is 0.0483. The summed E-state index contributed by atoms with van der Waals surface area (Å²) in [6, 6.07) is 16.0. The highest BCUT2D eigenvalue weighted by Gasteiger charge is 2.09. The number of nitrogens with one attached hydrogen (secondary N) is 2. The lowest BCUT2D eigenvalue weighted by molar-refractivity contribution is -0.112. The van der Waals surface area contributed by atoms with Gasteiger partial charge in [0.2, 0.25) is 0 Å². The Morgan fingerprint density at radius 1 is 1.08 bits per heavy atom. The molecular weight excluding hydrogens is 302 g/mol. The van der Waals surface area contributed by atoms with E-state index in [0.717, 1.165) is 11.3 Å². The Morgan fingerprint density at radius 3 is 2.38 bits per heavy atom. The van der Waals surface area contributed by atoms with E-state index in [1.54, 1.807) is 24.3 Å². The fraction of sp³-hybridized carbons (Fsp3) is 0.105. The van der Waals surface area contributed by atoms with Gasteiger partial charge < -0.3 is 10.6 Å². The zero-order valence-corrected chi connectivity index (χ0v) is 13.5. The van der Waals surface area contributed by atoms with Gasteiger partial charge in [-0.2, -0.15) is 5.26 Å². The molecule has 0 spiro atoms. The third-order valence-corrected chi connectivity index (χ3v) is 3.32. The molecule has 0 aromatic heterocycles. The maximum absolute atomic E-state index is 12.1. The van der Waals surface area contributed by atoms with E-state index in [4.69, 9.17) is 5.26 Å². The lowest BCUT2D eigenvalue weighted by Gasteiger charge is -2.06. The SMILES string of the molecule is CC(=O)c1ccc(NC(=O)/C(C#N)=C\Nc2cccc(C)c2)cc1. The van der Waals surface area contributed by atoms with E-state index < -0.39 is 5.91 Å². The Bertz CT molecular complexity index is 830. The van der Waals surface area contributed by atoms with E-state index in [9.17, 15) is 9.59 Å². The second-order valence-electron chi connectivity index (χ2n) is 5.27. The van der Waals surface area contributed by atoms with Gasteiger partial charge in [-0.05, 0) is 55.8 Å². The number of aryl methyl sites for hydroxylation is 1. The van der Waals surface area contributed by atoms with Crippen LogP contribution < -0.4 is 10.6 Å². The number of carbonyl (C=O) groups excluding carboxylic acids is 2. The summed E-state index contributed by atoms with van der Waals surface area (Å²) in [6.45, 7) is 3.43. The average Bonchev–Trinajstić information content (AvgIpc) is 2.56. The van der Waals surface area contributed by atoms with Crippen LogP contribution in [-0.4, -0.2) is 11.7 Å². The number of amides is 1. The van der Waals surface area contributed by atoms with Crippen LogP contribution in [0.5, 0.6) is 0 Å². The van der Waals surface area contributed by atoms with E-state index in [-0.39, 0.29) is 11.4 Å². The molecule has 2 aromatic rings. The molecule has 24 heavy (non-hydrogen) atoms. The first kappa shape index (κ1) is 17.0. The molecule has 2 aromatic carbocycles. The second kappa shape index (κ2) is 7.75. The van der Waals surface area contributed by atoms with Crippen LogP contribution in [0.3, 0.4) is 0 Å². The molecule has 0 fully saturated rings. The van der Waals surface area contributed by atoms with Crippen molar-refractivity contribution in [2.75, 3.05) is 10.6 Å². The van der Waals surface area contributed by atoms with E-state index in [0.29, 0.717) is 11.3 Å². The van der Waals surface area contributed by atoms with Crippen molar-refractivity contribution in [2.45, 2.75) is 13.8 Å². The van der Waals surface area contributed by atoms with Crippen molar-refractivity contribution in [3.63, 3.8) is 0 Å². The first-order chi connectivity index (χ1) is 11.5. The summed E-state index contributed by atoms with van der Waals surface area (Å²) in [5.41, 5.74) is 2.89. The predicted molar refractivity (Wildman–Crippen MR) is 93.6 cm³/mol. The number of nitriles is 1. The minimum atomic E-state index is -0.520. The van der Waals surface area contributed by atoms with Crippen LogP contribution in [0.1, 0.15) is 22.8 Å². The molecule has 1 amide bonds. The number of ketones is 1. The monoisotopic (exact) mass is 319 g/mol. The fourth-order valence-electron chi connectivity index (χ4n) is 2.03. The van der Waals surface area contributed by atoms with Crippen molar-refractivity contribution >= 4 is 23.1 Å². The molecule has 0 atom stereocenters. The molecule has 0 aliphatic rings. The minimum Gasteiger partial charge on any atom is -0.360 e. The third-order valence-electron chi connectivity index (χ3n) is 3.32. The molecule has 0 aliphatic heterocycles. The first-order valence-electron chi connectivity index (χ1n) is 7.35. The summed E-state index contributed by atoms with van der Waals surface area (Å²) in [4.78, 5) is 23.4. The average molecular weight is 319 g/mol. The molecule has 0 radical (unpaired) electrons. The number of Topliss-reactive ketones (excluding diaryl/α,β-unsaturated/α-hetero) is 1. The number of anilines is 2. The lowest BCUT2D eigenvalue weighted by Crippen LogP contribution is -2.14. The van der Waals surface area contributed by atoms with Crippen molar-refractivity contribution in [2.24, 2.45) is 0 Å². The topological polar surface area (TPSA) is 82.0 Å². The predicted octanol–water partition coefficient (Wildman–Crippen LogP) is 3.66.